The molecule has 0 spiro atoms. The molecular formula is C4H7N. The lowest BCUT2D eigenvalue weighted by Gasteiger charge is -1.82. The third kappa shape index (κ3) is 3.52. The molecule has 0 bridgehead atoms. The Bertz CT molecular complexity index is 49.2. The van der Waals surface area contributed by atoms with Crippen LogP contribution in [0, 0.1) is 12.3 Å². The SMILES string of the molecule is C#CC(C)N. The van der Waals surface area contributed by atoms with Crippen molar-refractivity contribution in [3.05, 3.63) is 0 Å². The number of rotatable bonds is 0. The molecule has 0 aromatic rings. The molecule has 0 saturated carbocycles. The summed E-state index contributed by atoms with van der Waals surface area (Å²) < 4.78 is 0. The Hall–Kier alpha value is -0.480. The topological polar surface area (TPSA) is 26.0 Å². The van der Waals surface area contributed by atoms with Crippen molar-refractivity contribution in [2.45, 2.75) is 13.0 Å². The highest BCUT2D eigenvalue weighted by molar-refractivity contribution is 4.92. The van der Waals surface area contributed by atoms with E-state index in [9.17, 15) is 0 Å². The fourth-order valence-electron chi connectivity index (χ4n) is 0. The van der Waals surface area contributed by atoms with Crippen LogP contribution in [0.3, 0.4) is 0 Å². The van der Waals surface area contributed by atoms with E-state index in [1.807, 2.05) is 0 Å². The van der Waals surface area contributed by atoms with Crippen molar-refractivity contribution in [1.29, 1.82) is 0 Å². The van der Waals surface area contributed by atoms with Gasteiger partial charge in [0.25, 0.3) is 0 Å². The summed E-state index contributed by atoms with van der Waals surface area (Å²) in [7, 11) is 0. The van der Waals surface area contributed by atoms with Crippen LogP contribution in [-0.4, -0.2) is 6.04 Å². The van der Waals surface area contributed by atoms with Gasteiger partial charge in [0.15, 0.2) is 0 Å². The Kier molecular flexibility index (Phi) is 1.63. The lowest BCUT2D eigenvalue weighted by Crippen LogP contribution is -2.10. The van der Waals surface area contributed by atoms with Gasteiger partial charge >= 0.3 is 0 Å². The van der Waals surface area contributed by atoms with E-state index in [4.69, 9.17) is 12.2 Å². The van der Waals surface area contributed by atoms with Crippen LogP contribution in [0.4, 0.5) is 0 Å². The first kappa shape index (κ1) is 4.52. The van der Waals surface area contributed by atoms with Gasteiger partial charge in [-0.3, -0.25) is 0 Å². The Morgan fingerprint density at radius 3 is 2.20 bits per heavy atom. The molecule has 0 fully saturated rings. The van der Waals surface area contributed by atoms with E-state index in [0.29, 0.717) is 0 Å². The largest absolute Gasteiger partial charge is 0.318 e. The van der Waals surface area contributed by atoms with Gasteiger partial charge in [0.1, 0.15) is 0 Å². The maximum absolute atomic E-state index is 5.06. The van der Waals surface area contributed by atoms with Crippen LogP contribution >= 0.6 is 0 Å². The Morgan fingerprint density at radius 2 is 2.20 bits per heavy atom. The first-order valence-electron chi connectivity index (χ1n) is 1.49. The van der Waals surface area contributed by atoms with Gasteiger partial charge in [0, 0.05) is 0 Å². The Labute approximate surface area is 32.2 Å². The molecule has 0 heterocycles. The molecule has 0 aliphatic heterocycles. The Balaban J connectivity index is 2.94. The van der Waals surface area contributed by atoms with Crippen LogP contribution in [0.25, 0.3) is 0 Å². The highest BCUT2D eigenvalue weighted by Gasteiger charge is 1.73. The van der Waals surface area contributed by atoms with Crippen LogP contribution < -0.4 is 5.73 Å². The molecule has 0 aromatic heterocycles. The third-order valence-electron chi connectivity index (χ3n) is 0.263. The first-order valence-corrected chi connectivity index (χ1v) is 1.49. The van der Waals surface area contributed by atoms with Crippen molar-refractivity contribution < 1.29 is 0 Å². The van der Waals surface area contributed by atoms with E-state index < -0.39 is 0 Å². The van der Waals surface area contributed by atoms with E-state index in [-0.39, 0.29) is 6.04 Å². The van der Waals surface area contributed by atoms with E-state index in [1.54, 1.807) is 6.92 Å². The minimum absolute atomic E-state index is 0.0880. The Morgan fingerprint density at radius 1 is 2.00 bits per heavy atom. The molecule has 28 valence electrons. The van der Waals surface area contributed by atoms with Gasteiger partial charge < -0.3 is 5.73 Å². The molecule has 0 rings (SSSR count). The maximum atomic E-state index is 5.06. The van der Waals surface area contributed by atoms with Crippen LogP contribution in [0.5, 0.6) is 0 Å². The molecule has 1 heteroatoms. The maximum Gasteiger partial charge on any atom is 0.0633 e. The second kappa shape index (κ2) is 1.80. The van der Waals surface area contributed by atoms with Crippen molar-refractivity contribution in [2.24, 2.45) is 5.73 Å². The number of hydrogen-bond acceptors (Lipinski definition) is 1. The summed E-state index contributed by atoms with van der Waals surface area (Å²) in [5, 5.41) is 0. The zero-order valence-corrected chi connectivity index (χ0v) is 3.23. The third-order valence-corrected chi connectivity index (χ3v) is 0.263. The van der Waals surface area contributed by atoms with Crippen LogP contribution in [0.1, 0.15) is 6.92 Å². The predicted molar refractivity (Wildman–Crippen MR) is 22.5 cm³/mol. The summed E-state index contributed by atoms with van der Waals surface area (Å²) in [5.41, 5.74) is 5.06. The van der Waals surface area contributed by atoms with Crippen LogP contribution in [-0.2, 0) is 0 Å². The van der Waals surface area contributed by atoms with E-state index in [2.05, 4.69) is 5.92 Å². The van der Waals surface area contributed by atoms with Crippen molar-refractivity contribution in [3.63, 3.8) is 0 Å². The molecule has 2 N–H and O–H groups in total. The number of terminal acetylenes is 1. The minimum atomic E-state index is -0.0880. The van der Waals surface area contributed by atoms with Crippen molar-refractivity contribution in [3.8, 4) is 12.3 Å². The second-order valence-corrected chi connectivity index (χ2v) is 0.955. The zero-order chi connectivity index (χ0) is 4.28. The second-order valence-electron chi connectivity index (χ2n) is 0.955. The summed E-state index contributed by atoms with van der Waals surface area (Å²) in [6, 6.07) is -0.0880. The summed E-state index contributed by atoms with van der Waals surface area (Å²) in [4.78, 5) is 0. The van der Waals surface area contributed by atoms with E-state index in [1.165, 1.54) is 0 Å². The van der Waals surface area contributed by atoms with E-state index in [0.717, 1.165) is 0 Å². The van der Waals surface area contributed by atoms with Gasteiger partial charge in [-0.05, 0) is 6.92 Å². The molecule has 1 nitrogen and oxygen atoms in total. The summed E-state index contributed by atoms with van der Waals surface area (Å²) in [5.74, 6) is 2.31. The fraction of sp³-hybridized carbons (Fsp3) is 0.500. The molecule has 0 aliphatic rings. The predicted octanol–water partition coefficient (Wildman–Crippen LogP) is -0.0332. The minimum Gasteiger partial charge on any atom is -0.318 e. The van der Waals surface area contributed by atoms with Crippen molar-refractivity contribution in [1.82, 2.24) is 0 Å². The van der Waals surface area contributed by atoms with Gasteiger partial charge in [-0.1, -0.05) is 5.92 Å². The van der Waals surface area contributed by atoms with Crippen molar-refractivity contribution in [2.75, 3.05) is 0 Å². The molecule has 5 heavy (non-hydrogen) atoms. The van der Waals surface area contributed by atoms with E-state index >= 15 is 0 Å². The average Bonchev–Trinajstić information content (AvgIpc) is 1.38. The number of hydrogen-bond donors (Lipinski definition) is 1. The summed E-state index contributed by atoms with van der Waals surface area (Å²) in [6.45, 7) is 1.76. The van der Waals surface area contributed by atoms with Crippen molar-refractivity contribution >= 4 is 0 Å². The summed E-state index contributed by atoms with van der Waals surface area (Å²) >= 11 is 0. The standard InChI is InChI=1S/C4H7N/c1-3-4(2)5/h1,4H,5H2,2H3. The van der Waals surface area contributed by atoms with Crippen LogP contribution in [0.2, 0.25) is 0 Å². The smallest absolute Gasteiger partial charge is 0.0633 e. The highest BCUT2D eigenvalue weighted by atomic mass is 14.6. The zero-order valence-electron chi connectivity index (χ0n) is 3.23. The monoisotopic (exact) mass is 69.1 g/mol. The first-order chi connectivity index (χ1) is 2.27. The molecular weight excluding hydrogens is 62.1 g/mol. The lowest BCUT2D eigenvalue weighted by atomic mass is 10.4. The van der Waals surface area contributed by atoms with Crippen LogP contribution in [0.15, 0.2) is 0 Å². The van der Waals surface area contributed by atoms with Gasteiger partial charge in [-0.25, -0.2) is 0 Å². The molecule has 0 saturated heterocycles. The van der Waals surface area contributed by atoms with Gasteiger partial charge in [-0.2, -0.15) is 0 Å². The number of nitrogens with two attached hydrogens (primary N) is 1. The highest BCUT2D eigenvalue weighted by Crippen LogP contribution is 1.59. The van der Waals surface area contributed by atoms with Gasteiger partial charge in [-0.15, -0.1) is 6.42 Å². The molecule has 0 aliphatic carbocycles. The fourth-order valence-corrected chi connectivity index (χ4v) is 0. The van der Waals surface area contributed by atoms with Gasteiger partial charge in [0.2, 0.25) is 0 Å². The van der Waals surface area contributed by atoms with Gasteiger partial charge in [0.05, 0.1) is 6.04 Å². The average molecular weight is 69.1 g/mol. The molecule has 1 unspecified atom stereocenters. The summed E-state index contributed by atoms with van der Waals surface area (Å²) in [6.07, 6.45) is 4.80. The normalized spacial score (nSPS) is 13.0. The molecule has 0 amide bonds. The molecule has 0 aromatic carbocycles. The molecule has 0 radical (unpaired) electrons. The lowest BCUT2D eigenvalue weighted by molar-refractivity contribution is 0.961. The molecule has 1 atom stereocenters. The quantitative estimate of drug-likeness (QED) is 0.397.